The fourth-order valence-electron chi connectivity index (χ4n) is 3.17. The number of ether oxygens (including phenoxy) is 1. The molecule has 9 nitrogen and oxygen atoms in total. The second-order valence-electron chi connectivity index (χ2n) is 6.90. The molecule has 0 unspecified atom stereocenters. The summed E-state index contributed by atoms with van der Waals surface area (Å²) in [6.07, 6.45) is 1.06. The first-order chi connectivity index (χ1) is 12.8. The van der Waals surface area contributed by atoms with Gasteiger partial charge in [-0.1, -0.05) is 19.9 Å². The summed E-state index contributed by atoms with van der Waals surface area (Å²) in [6, 6.07) is 5.16. The van der Waals surface area contributed by atoms with E-state index in [9.17, 15) is 24.5 Å². The fraction of sp³-hybridized carbons (Fsp3) is 0.500. The highest BCUT2D eigenvalue weighted by Crippen LogP contribution is 2.20. The number of benzene rings is 1. The van der Waals surface area contributed by atoms with E-state index in [1.54, 1.807) is 4.90 Å². The number of nitro groups is 1. The van der Waals surface area contributed by atoms with E-state index in [1.165, 1.54) is 18.2 Å². The molecule has 0 bridgehead atoms. The molecule has 9 heteroatoms. The van der Waals surface area contributed by atoms with Gasteiger partial charge in [-0.3, -0.25) is 24.5 Å². The summed E-state index contributed by atoms with van der Waals surface area (Å²) in [5, 5.41) is 13.0. The number of hydrogen-bond donors (Lipinski definition) is 1. The molecule has 0 spiro atoms. The van der Waals surface area contributed by atoms with Crippen molar-refractivity contribution in [2.45, 2.75) is 20.3 Å². The molecule has 1 N–H and O–H groups in total. The maximum atomic E-state index is 12.2. The minimum Gasteiger partial charge on any atom is -0.454 e. The Morgan fingerprint density at radius 2 is 1.93 bits per heavy atom. The monoisotopic (exact) mass is 377 g/mol. The van der Waals surface area contributed by atoms with Crippen LogP contribution in [0.4, 0.5) is 5.69 Å². The standard InChI is InChI=1S/C18H23N3O6/c1-12-6-13(2)10-20(9-12)16(22)11-27-17(23)8-19-18(24)14-4-3-5-15(7-14)21(25)26/h3-5,7,12-13H,6,8-11H2,1-2H3,(H,19,24)/t12-,13-/m1/s1. The predicted molar refractivity (Wildman–Crippen MR) is 95.9 cm³/mol. The summed E-state index contributed by atoms with van der Waals surface area (Å²) in [4.78, 5) is 47.7. The molecule has 1 heterocycles. The van der Waals surface area contributed by atoms with Crippen molar-refractivity contribution in [3.05, 3.63) is 39.9 Å². The van der Waals surface area contributed by atoms with E-state index in [0.29, 0.717) is 24.9 Å². The van der Waals surface area contributed by atoms with Crippen LogP contribution < -0.4 is 5.32 Å². The number of hydrogen-bond acceptors (Lipinski definition) is 6. The number of carbonyl (C=O) groups is 3. The lowest BCUT2D eigenvalue weighted by Crippen LogP contribution is -2.44. The highest BCUT2D eigenvalue weighted by atomic mass is 16.6. The lowest BCUT2D eigenvalue weighted by molar-refractivity contribution is -0.384. The zero-order valence-corrected chi connectivity index (χ0v) is 15.3. The molecule has 27 heavy (non-hydrogen) atoms. The van der Waals surface area contributed by atoms with E-state index >= 15 is 0 Å². The van der Waals surface area contributed by atoms with Gasteiger partial charge in [0, 0.05) is 30.8 Å². The van der Waals surface area contributed by atoms with E-state index in [4.69, 9.17) is 4.74 Å². The average Bonchev–Trinajstić information content (AvgIpc) is 2.63. The third-order valence-corrected chi connectivity index (χ3v) is 4.29. The van der Waals surface area contributed by atoms with Crippen LogP contribution in [0.25, 0.3) is 0 Å². The Balaban J connectivity index is 1.77. The summed E-state index contributed by atoms with van der Waals surface area (Å²) >= 11 is 0. The average molecular weight is 377 g/mol. The Morgan fingerprint density at radius 1 is 1.26 bits per heavy atom. The summed E-state index contributed by atoms with van der Waals surface area (Å²) in [5.41, 5.74) is -0.162. The maximum Gasteiger partial charge on any atom is 0.325 e. The molecule has 0 saturated carbocycles. The molecule has 0 aliphatic carbocycles. The number of rotatable bonds is 6. The quantitative estimate of drug-likeness (QED) is 0.454. The highest BCUT2D eigenvalue weighted by molar-refractivity contribution is 5.96. The number of esters is 1. The molecule has 1 aromatic rings. The van der Waals surface area contributed by atoms with Gasteiger partial charge in [-0.05, 0) is 24.3 Å². The van der Waals surface area contributed by atoms with Crippen LogP contribution >= 0.6 is 0 Å². The number of nitrogens with zero attached hydrogens (tertiary/aromatic N) is 2. The number of amides is 2. The van der Waals surface area contributed by atoms with Gasteiger partial charge in [-0.15, -0.1) is 0 Å². The number of carbonyl (C=O) groups excluding carboxylic acids is 3. The van der Waals surface area contributed by atoms with Crippen molar-refractivity contribution < 1.29 is 24.0 Å². The molecule has 0 aromatic heterocycles. The van der Waals surface area contributed by atoms with Crippen LogP contribution in [0.15, 0.2) is 24.3 Å². The molecule has 2 rings (SSSR count). The van der Waals surface area contributed by atoms with E-state index in [0.717, 1.165) is 12.5 Å². The molecule has 1 aromatic carbocycles. The third kappa shape index (κ3) is 6.05. The van der Waals surface area contributed by atoms with E-state index in [-0.39, 0.29) is 23.8 Å². The van der Waals surface area contributed by atoms with Crippen molar-refractivity contribution in [2.75, 3.05) is 26.2 Å². The Bertz CT molecular complexity index is 726. The first-order valence-corrected chi connectivity index (χ1v) is 8.72. The van der Waals surface area contributed by atoms with Crippen LogP contribution in [-0.2, 0) is 14.3 Å². The lowest BCUT2D eigenvalue weighted by Gasteiger charge is -2.34. The molecule has 1 aliphatic rings. The summed E-state index contributed by atoms with van der Waals surface area (Å²) < 4.78 is 4.92. The van der Waals surface area contributed by atoms with Gasteiger partial charge >= 0.3 is 5.97 Å². The van der Waals surface area contributed by atoms with Gasteiger partial charge in [0.25, 0.3) is 17.5 Å². The second-order valence-corrected chi connectivity index (χ2v) is 6.90. The molecule has 1 fully saturated rings. The van der Waals surface area contributed by atoms with Gasteiger partial charge < -0.3 is 15.0 Å². The smallest absolute Gasteiger partial charge is 0.325 e. The van der Waals surface area contributed by atoms with Crippen molar-refractivity contribution in [3.63, 3.8) is 0 Å². The van der Waals surface area contributed by atoms with Crippen LogP contribution in [0, 0.1) is 22.0 Å². The number of nitro benzene ring substituents is 1. The van der Waals surface area contributed by atoms with E-state index in [2.05, 4.69) is 19.2 Å². The lowest BCUT2D eigenvalue weighted by atomic mass is 9.92. The molecule has 1 saturated heterocycles. The van der Waals surface area contributed by atoms with Crippen molar-refractivity contribution in [3.8, 4) is 0 Å². The predicted octanol–water partition coefficient (Wildman–Crippen LogP) is 1.37. The summed E-state index contributed by atoms with van der Waals surface area (Å²) in [5.74, 6) is -0.835. The minimum absolute atomic E-state index is 0.0596. The molecule has 2 amide bonds. The van der Waals surface area contributed by atoms with Gasteiger partial charge in [0.15, 0.2) is 6.61 Å². The van der Waals surface area contributed by atoms with E-state index < -0.39 is 23.3 Å². The zero-order valence-electron chi connectivity index (χ0n) is 15.3. The molecule has 146 valence electrons. The van der Waals surface area contributed by atoms with Gasteiger partial charge in [0.05, 0.1) is 4.92 Å². The third-order valence-electron chi connectivity index (χ3n) is 4.29. The van der Waals surface area contributed by atoms with Crippen LogP contribution in [0.2, 0.25) is 0 Å². The SMILES string of the molecule is C[C@@H]1C[C@@H](C)CN(C(=O)COC(=O)CNC(=O)c2cccc([N+](=O)[O-])c2)C1. The largest absolute Gasteiger partial charge is 0.454 e. The molecule has 2 atom stereocenters. The normalized spacial score (nSPS) is 19.3. The summed E-state index contributed by atoms with van der Waals surface area (Å²) in [6.45, 7) is 4.64. The zero-order chi connectivity index (χ0) is 20.0. The second kappa shape index (κ2) is 9.11. The Kier molecular flexibility index (Phi) is 6.86. The first-order valence-electron chi connectivity index (χ1n) is 8.72. The van der Waals surface area contributed by atoms with Crippen LogP contribution in [0.1, 0.15) is 30.6 Å². The van der Waals surface area contributed by atoms with Crippen LogP contribution in [-0.4, -0.2) is 53.8 Å². The number of nitrogens with one attached hydrogen (secondary N) is 1. The topological polar surface area (TPSA) is 119 Å². The van der Waals surface area contributed by atoms with Crippen molar-refractivity contribution in [2.24, 2.45) is 11.8 Å². The van der Waals surface area contributed by atoms with Crippen LogP contribution in [0.3, 0.4) is 0 Å². The van der Waals surface area contributed by atoms with Gasteiger partial charge in [-0.25, -0.2) is 0 Å². The Morgan fingerprint density at radius 3 is 2.56 bits per heavy atom. The molecular formula is C18H23N3O6. The van der Waals surface area contributed by atoms with Gasteiger partial charge in [-0.2, -0.15) is 0 Å². The van der Waals surface area contributed by atoms with Crippen molar-refractivity contribution in [1.29, 1.82) is 0 Å². The Labute approximate surface area is 156 Å². The molecule has 0 radical (unpaired) electrons. The minimum atomic E-state index is -0.750. The number of non-ortho nitro benzene ring substituents is 1. The Hall–Kier alpha value is -2.97. The van der Waals surface area contributed by atoms with Crippen molar-refractivity contribution >= 4 is 23.5 Å². The van der Waals surface area contributed by atoms with Gasteiger partial charge in [0.1, 0.15) is 6.54 Å². The first kappa shape index (κ1) is 20.3. The fourth-order valence-corrected chi connectivity index (χ4v) is 3.17. The molecular weight excluding hydrogens is 354 g/mol. The van der Waals surface area contributed by atoms with Crippen molar-refractivity contribution in [1.82, 2.24) is 10.2 Å². The summed E-state index contributed by atoms with van der Waals surface area (Å²) in [7, 11) is 0. The molecule has 1 aliphatic heterocycles. The van der Waals surface area contributed by atoms with Gasteiger partial charge in [0.2, 0.25) is 0 Å². The highest BCUT2D eigenvalue weighted by Gasteiger charge is 2.26. The number of likely N-dealkylation sites (tertiary alicyclic amines) is 1. The maximum absolute atomic E-state index is 12.2. The van der Waals surface area contributed by atoms with E-state index in [1.807, 2.05) is 0 Å². The van der Waals surface area contributed by atoms with Crippen LogP contribution in [0.5, 0.6) is 0 Å². The number of piperidine rings is 1.